The van der Waals surface area contributed by atoms with Crippen LogP contribution in [-0.2, 0) is 11.3 Å². The molecule has 108 valence electrons. The Morgan fingerprint density at radius 2 is 2.10 bits per heavy atom. The zero-order chi connectivity index (χ0) is 14.4. The van der Waals surface area contributed by atoms with E-state index in [1.54, 1.807) is 0 Å². The van der Waals surface area contributed by atoms with Gasteiger partial charge in [-0.2, -0.15) is 0 Å². The van der Waals surface area contributed by atoms with Gasteiger partial charge >= 0.3 is 0 Å². The van der Waals surface area contributed by atoms with Gasteiger partial charge in [-0.25, -0.2) is 4.98 Å². The van der Waals surface area contributed by atoms with Crippen molar-refractivity contribution in [3.63, 3.8) is 0 Å². The van der Waals surface area contributed by atoms with Gasteiger partial charge in [0.05, 0.1) is 12.1 Å². The third-order valence-electron chi connectivity index (χ3n) is 4.54. The molecule has 0 radical (unpaired) electrons. The Hall–Kier alpha value is -2.10. The van der Waals surface area contributed by atoms with E-state index >= 15 is 0 Å². The van der Waals surface area contributed by atoms with Crippen molar-refractivity contribution >= 4 is 16.8 Å². The Labute approximate surface area is 123 Å². The highest BCUT2D eigenvalue weighted by Gasteiger charge is 2.35. The average Bonchev–Trinajstić information content (AvgIpc) is 2.54. The van der Waals surface area contributed by atoms with E-state index in [9.17, 15) is 4.79 Å². The summed E-state index contributed by atoms with van der Waals surface area (Å²) in [6.07, 6.45) is 2.97. The second-order valence-corrected chi connectivity index (χ2v) is 5.96. The van der Waals surface area contributed by atoms with E-state index in [0.717, 1.165) is 29.3 Å². The number of rotatable bonds is 1. The predicted octanol–water partition coefficient (Wildman–Crippen LogP) is 2.90. The molecule has 1 fully saturated rings. The molecule has 1 amide bonds. The molecule has 4 nitrogen and oxygen atoms in total. The minimum absolute atomic E-state index is 0.0850. The molecule has 1 aromatic carbocycles. The van der Waals surface area contributed by atoms with Crippen molar-refractivity contribution in [3.05, 3.63) is 35.9 Å². The molecule has 0 spiro atoms. The van der Waals surface area contributed by atoms with Gasteiger partial charge in [0.1, 0.15) is 0 Å². The maximum atomic E-state index is 12.5. The molecule has 0 saturated heterocycles. The molecule has 2 heterocycles. The number of hydrogen-bond acceptors (Lipinski definition) is 3. The Morgan fingerprint density at radius 1 is 1.29 bits per heavy atom. The number of amides is 1. The molecule has 0 bridgehead atoms. The van der Waals surface area contributed by atoms with Crippen LogP contribution in [0.15, 0.2) is 30.3 Å². The van der Waals surface area contributed by atoms with Crippen LogP contribution in [0.25, 0.3) is 10.9 Å². The number of benzene rings is 1. The lowest BCUT2D eigenvalue weighted by atomic mass is 9.91. The highest BCUT2D eigenvalue weighted by molar-refractivity contribution is 5.84. The summed E-state index contributed by atoms with van der Waals surface area (Å²) in [5.74, 6) is 0.693. The number of hydrogen-bond donors (Lipinski definition) is 0. The first-order valence-electron chi connectivity index (χ1n) is 7.58. The number of fused-ring (bicyclic) bond motifs is 2. The van der Waals surface area contributed by atoms with Gasteiger partial charge in [0.25, 0.3) is 5.91 Å². The monoisotopic (exact) mass is 282 g/mol. The van der Waals surface area contributed by atoms with Crippen LogP contribution in [0.4, 0.5) is 0 Å². The van der Waals surface area contributed by atoms with Gasteiger partial charge in [0.15, 0.2) is 6.10 Å². The smallest absolute Gasteiger partial charge is 0.263 e. The quantitative estimate of drug-likeness (QED) is 0.807. The molecule has 4 rings (SSSR count). The lowest BCUT2D eigenvalue weighted by Crippen LogP contribution is -2.47. The summed E-state index contributed by atoms with van der Waals surface area (Å²) in [6.45, 7) is 2.43. The second kappa shape index (κ2) is 4.72. The lowest BCUT2D eigenvalue weighted by molar-refractivity contribution is -0.141. The van der Waals surface area contributed by atoms with Crippen molar-refractivity contribution in [1.29, 1.82) is 0 Å². The number of nitrogens with zero attached hydrogens (tertiary/aromatic N) is 2. The number of aromatic nitrogens is 1. The fourth-order valence-corrected chi connectivity index (χ4v) is 3.08. The van der Waals surface area contributed by atoms with Crippen molar-refractivity contribution in [2.75, 3.05) is 0 Å². The molecule has 2 aliphatic rings. The minimum atomic E-state index is -0.458. The van der Waals surface area contributed by atoms with E-state index in [1.807, 2.05) is 36.1 Å². The van der Waals surface area contributed by atoms with E-state index in [1.165, 1.54) is 6.42 Å². The molecule has 1 aliphatic carbocycles. The average molecular weight is 282 g/mol. The van der Waals surface area contributed by atoms with Crippen molar-refractivity contribution in [2.45, 2.75) is 44.9 Å². The summed E-state index contributed by atoms with van der Waals surface area (Å²) in [5, 5.41) is 1.09. The van der Waals surface area contributed by atoms with Crippen molar-refractivity contribution in [2.24, 2.45) is 0 Å². The third-order valence-corrected chi connectivity index (χ3v) is 4.54. The summed E-state index contributed by atoms with van der Waals surface area (Å²) >= 11 is 0. The van der Waals surface area contributed by atoms with Crippen LogP contribution in [-0.4, -0.2) is 27.9 Å². The molecule has 1 atom stereocenters. The molecule has 4 heteroatoms. The standard InChI is InChI=1S/C17H18N2O2/c1-11-17(20)19(14-6-4-7-14)10-13-9-12-5-2-3-8-15(12)18-16(13)21-11/h2-3,5,8-9,11,14H,4,6-7,10H2,1H3/t11-/m0/s1. The summed E-state index contributed by atoms with van der Waals surface area (Å²) in [6, 6.07) is 10.5. The zero-order valence-electron chi connectivity index (χ0n) is 12.1. The van der Waals surface area contributed by atoms with Crippen molar-refractivity contribution < 1.29 is 9.53 Å². The summed E-state index contributed by atoms with van der Waals surface area (Å²) < 4.78 is 5.82. The Kier molecular flexibility index (Phi) is 2.84. The Morgan fingerprint density at radius 3 is 2.86 bits per heavy atom. The predicted molar refractivity (Wildman–Crippen MR) is 80.0 cm³/mol. The van der Waals surface area contributed by atoms with Gasteiger partial charge in [-0.05, 0) is 38.3 Å². The number of carbonyl (C=O) groups excluding carboxylic acids is 1. The van der Waals surface area contributed by atoms with Crippen molar-refractivity contribution in [3.8, 4) is 5.88 Å². The number of carbonyl (C=O) groups is 1. The minimum Gasteiger partial charge on any atom is -0.464 e. The molecule has 0 N–H and O–H groups in total. The number of para-hydroxylation sites is 1. The number of pyridine rings is 1. The Bertz CT molecular complexity index is 709. The normalized spacial score (nSPS) is 22.4. The van der Waals surface area contributed by atoms with Gasteiger partial charge in [0, 0.05) is 17.0 Å². The van der Waals surface area contributed by atoms with Crippen LogP contribution in [0, 0.1) is 0 Å². The van der Waals surface area contributed by atoms with Gasteiger partial charge in [-0.3, -0.25) is 4.79 Å². The topological polar surface area (TPSA) is 42.4 Å². The molecular formula is C17H18N2O2. The fraction of sp³-hybridized carbons (Fsp3) is 0.412. The maximum absolute atomic E-state index is 12.5. The van der Waals surface area contributed by atoms with Gasteiger partial charge in [-0.1, -0.05) is 18.2 Å². The Balaban J connectivity index is 1.79. The molecule has 1 saturated carbocycles. The molecule has 1 aromatic heterocycles. The summed E-state index contributed by atoms with van der Waals surface area (Å²) in [7, 11) is 0. The second-order valence-electron chi connectivity index (χ2n) is 5.96. The lowest BCUT2D eigenvalue weighted by Gasteiger charge is -2.37. The fourth-order valence-electron chi connectivity index (χ4n) is 3.08. The van der Waals surface area contributed by atoms with E-state index in [0.29, 0.717) is 18.5 Å². The van der Waals surface area contributed by atoms with Gasteiger partial charge in [-0.15, -0.1) is 0 Å². The van der Waals surface area contributed by atoms with E-state index < -0.39 is 6.10 Å². The van der Waals surface area contributed by atoms with Gasteiger partial charge < -0.3 is 9.64 Å². The van der Waals surface area contributed by atoms with Crippen LogP contribution in [0.5, 0.6) is 5.88 Å². The first kappa shape index (κ1) is 12.6. The number of ether oxygens (including phenoxy) is 1. The van der Waals surface area contributed by atoms with Crippen LogP contribution in [0.3, 0.4) is 0 Å². The highest BCUT2D eigenvalue weighted by Crippen LogP contribution is 2.32. The highest BCUT2D eigenvalue weighted by atomic mass is 16.5. The zero-order valence-corrected chi connectivity index (χ0v) is 12.1. The molecule has 21 heavy (non-hydrogen) atoms. The van der Waals surface area contributed by atoms with Crippen LogP contribution >= 0.6 is 0 Å². The van der Waals surface area contributed by atoms with E-state index in [4.69, 9.17) is 4.74 Å². The first-order valence-corrected chi connectivity index (χ1v) is 7.58. The van der Waals surface area contributed by atoms with E-state index in [-0.39, 0.29) is 5.91 Å². The molecular weight excluding hydrogens is 264 g/mol. The summed E-state index contributed by atoms with van der Waals surface area (Å²) in [5.41, 5.74) is 1.92. The first-order chi connectivity index (χ1) is 10.2. The van der Waals surface area contributed by atoms with Crippen molar-refractivity contribution in [1.82, 2.24) is 9.88 Å². The van der Waals surface area contributed by atoms with E-state index in [2.05, 4.69) is 11.1 Å². The third kappa shape index (κ3) is 2.06. The molecule has 2 aromatic rings. The van der Waals surface area contributed by atoms with Crippen LogP contribution < -0.4 is 4.74 Å². The SMILES string of the molecule is C[C@@H]1Oc2nc3ccccc3cc2CN(C2CCC2)C1=O. The summed E-state index contributed by atoms with van der Waals surface area (Å²) in [4.78, 5) is 19.1. The van der Waals surface area contributed by atoms with Crippen LogP contribution in [0.2, 0.25) is 0 Å². The molecule has 0 unspecified atom stereocenters. The largest absolute Gasteiger partial charge is 0.464 e. The maximum Gasteiger partial charge on any atom is 0.263 e. The van der Waals surface area contributed by atoms with Gasteiger partial charge in [0.2, 0.25) is 5.88 Å². The van der Waals surface area contributed by atoms with Crippen LogP contribution in [0.1, 0.15) is 31.7 Å². The molecule has 1 aliphatic heterocycles.